The number of urea groups is 1. The number of hydrogen-bond donors (Lipinski definition) is 2. The number of nitrogens with one attached hydrogen (secondary N) is 1. The fourth-order valence-electron chi connectivity index (χ4n) is 2.24. The lowest BCUT2D eigenvalue weighted by molar-refractivity contribution is 0.146. The summed E-state index contributed by atoms with van der Waals surface area (Å²) in [7, 11) is 2.10. The summed E-state index contributed by atoms with van der Waals surface area (Å²) in [6.07, 6.45) is 1.88. The predicted octanol–water partition coefficient (Wildman–Crippen LogP) is 0.461. The van der Waals surface area contributed by atoms with Gasteiger partial charge in [-0.15, -0.1) is 0 Å². The van der Waals surface area contributed by atoms with Crippen LogP contribution in [0.2, 0.25) is 0 Å². The van der Waals surface area contributed by atoms with Gasteiger partial charge >= 0.3 is 6.03 Å². The molecule has 2 amide bonds. The first-order valence-electron chi connectivity index (χ1n) is 6.52. The molecular formula is C12H26N4O. The molecule has 0 unspecified atom stereocenters. The summed E-state index contributed by atoms with van der Waals surface area (Å²) in [5, 5.41) is 3.14. The Morgan fingerprint density at radius 3 is 2.29 bits per heavy atom. The van der Waals surface area contributed by atoms with Gasteiger partial charge < -0.3 is 20.9 Å². The largest absolute Gasteiger partial charge is 0.331 e. The summed E-state index contributed by atoms with van der Waals surface area (Å²) in [6.45, 7) is 7.98. The van der Waals surface area contributed by atoms with Gasteiger partial charge in [-0.2, -0.15) is 0 Å². The molecule has 0 atom stereocenters. The third kappa shape index (κ3) is 3.57. The molecule has 0 aromatic carbocycles. The van der Waals surface area contributed by atoms with Crippen LogP contribution < -0.4 is 11.1 Å². The van der Waals surface area contributed by atoms with Crippen molar-refractivity contribution in [3.63, 3.8) is 0 Å². The zero-order chi connectivity index (χ0) is 12.9. The van der Waals surface area contributed by atoms with E-state index in [0.717, 1.165) is 39.0 Å². The molecule has 0 aromatic rings. The van der Waals surface area contributed by atoms with Crippen LogP contribution in [0, 0.1) is 0 Å². The lowest BCUT2D eigenvalue weighted by atomic mass is 9.88. The Morgan fingerprint density at radius 2 is 1.88 bits per heavy atom. The van der Waals surface area contributed by atoms with E-state index in [1.807, 2.05) is 13.8 Å². The van der Waals surface area contributed by atoms with Gasteiger partial charge in [-0.1, -0.05) is 0 Å². The normalized spacial score (nSPS) is 20.0. The van der Waals surface area contributed by atoms with E-state index in [-0.39, 0.29) is 11.6 Å². The zero-order valence-electron chi connectivity index (χ0n) is 11.3. The Balaban J connectivity index is 2.59. The highest BCUT2D eigenvalue weighted by Crippen LogP contribution is 2.20. The van der Waals surface area contributed by atoms with Crippen molar-refractivity contribution in [3.05, 3.63) is 0 Å². The van der Waals surface area contributed by atoms with Gasteiger partial charge in [0.2, 0.25) is 0 Å². The summed E-state index contributed by atoms with van der Waals surface area (Å²) in [4.78, 5) is 16.1. The third-order valence-corrected chi connectivity index (χ3v) is 3.76. The van der Waals surface area contributed by atoms with Crippen molar-refractivity contribution in [1.82, 2.24) is 15.1 Å². The molecule has 0 radical (unpaired) electrons. The summed E-state index contributed by atoms with van der Waals surface area (Å²) in [6, 6.07) is 0.0185. The van der Waals surface area contributed by atoms with E-state index >= 15 is 0 Å². The highest BCUT2D eigenvalue weighted by Gasteiger charge is 2.34. The van der Waals surface area contributed by atoms with Gasteiger partial charge in [-0.25, -0.2) is 4.79 Å². The Hall–Kier alpha value is -0.810. The Morgan fingerprint density at radius 1 is 1.35 bits per heavy atom. The maximum absolute atomic E-state index is 12.1. The fraction of sp³-hybridized carbons (Fsp3) is 0.917. The number of amides is 2. The molecule has 1 aliphatic heterocycles. The smallest absolute Gasteiger partial charge is 0.317 e. The van der Waals surface area contributed by atoms with Gasteiger partial charge in [0.1, 0.15) is 0 Å². The molecule has 5 heteroatoms. The molecule has 1 aliphatic rings. The molecule has 1 heterocycles. The second-order valence-electron chi connectivity index (χ2n) is 4.89. The molecule has 0 spiro atoms. The van der Waals surface area contributed by atoms with Crippen molar-refractivity contribution in [3.8, 4) is 0 Å². The highest BCUT2D eigenvalue weighted by molar-refractivity contribution is 5.75. The summed E-state index contributed by atoms with van der Waals surface area (Å²) in [5.41, 5.74) is 5.66. The number of nitrogens with two attached hydrogens (primary N) is 1. The number of likely N-dealkylation sites (tertiary alicyclic amines) is 1. The van der Waals surface area contributed by atoms with Crippen LogP contribution in [0.1, 0.15) is 26.7 Å². The molecular weight excluding hydrogens is 216 g/mol. The number of hydrogen-bond acceptors (Lipinski definition) is 3. The van der Waals surface area contributed by atoms with Crippen molar-refractivity contribution >= 4 is 6.03 Å². The molecule has 5 nitrogen and oxygen atoms in total. The molecule has 0 saturated carbocycles. The first kappa shape index (κ1) is 14.3. The van der Waals surface area contributed by atoms with Crippen molar-refractivity contribution < 1.29 is 4.79 Å². The van der Waals surface area contributed by atoms with Crippen molar-refractivity contribution in [2.75, 3.05) is 39.8 Å². The van der Waals surface area contributed by atoms with Crippen LogP contribution in [-0.2, 0) is 0 Å². The second kappa shape index (κ2) is 6.21. The Kier molecular flexibility index (Phi) is 5.21. The quantitative estimate of drug-likeness (QED) is 0.753. The average molecular weight is 242 g/mol. The Bertz CT molecular complexity index is 245. The monoisotopic (exact) mass is 242 g/mol. The third-order valence-electron chi connectivity index (χ3n) is 3.76. The van der Waals surface area contributed by atoms with Gasteiger partial charge in [-0.05, 0) is 33.7 Å². The second-order valence-corrected chi connectivity index (χ2v) is 4.89. The summed E-state index contributed by atoms with van der Waals surface area (Å²) >= 11 is 0. The molecule has 3 N–H and O–H groups in total. The zero-order valence-corrected chi connectivity index (χ0v) is 11.3. The van der Waals surface area contributed by atoms with Gasteiger partial charge in [0.05, 0.1) is 5.54 Å². The summed E-state index contributed by atoms with van der Waals surface area (Å²) in [5.74, 6) is 0. The van der Waals surface area contributed by atoms with Gasteiger partial charge in [0.15, 0.2) is 0 Å². The van der Waals surface area contributed by atoms with Crippen LogP contribution >= 0.6 is 0 Å². The average Bonchev–Trinajstić information content (AvgIpc) is 2.34. The standard InChI is InChI=1S/C12H26N4O/c1-4-16(5-2)11(17)14-12(10-13)6-8-15(3)9-7-12/h4-10,13H2,1-3H3,(H,14,17). The van der Waals surface area contributed by atoms with Crippen LogP contribution in [0.5, 0.6) is 0 Å². The summed E-state index contributed by atoms with van der Waals surface area (Å²) < 4.78 is 0. The fourth-order valence-corrected chi connectivity index (χ4v) is 2.24. The van der Waals surface area contributed by atoms with E-state index in [4.69, 9.17) is 5.73 Å². The van der Waals surface area contributed by atoms with E-state index in [1.165, 1.54) is 0 Å². The number of rotatable bonds is 4. The first-order chi connectivity index (χ1) is 8.06. The SMILES string of the molecule is CCN(CC)C(=O)NC1(CN)CCN(C)CC1. The van der Waals surface area contributed by atoms with Crippen LogP contribution in [0.3, 0.4) is 0 Å². The number of nitrogens with zero attached hydrogens (tertiary/aromatic N) is 2. The topological polar surface area (TPSA) is 61.6 Å². The minimum atomic E-state index is -0.202. The van der Waals surface area contributed by atoms with Crippen LogP contribution in [-0.4, -0.2) is 61.1 Å². The molecule has 1 fully saturated rings. The van der Waals surface area contributed by atoms with Crippen LogP contribution in [0.4, 0.5) is 4.79 Å². The number of carbonyl (C=O) groups is 1. The molecule has 1 saturated heterocycles. The minimum absolute atomic E-state index is 0.0185. The highest BCUT2D eigenvalue weighted by atomic mass is 16.2. The molecule has 1 rings (SSSR count). The van der Waals surface area contributed by atoms with E-state index in [9.17, 15) is 4.79 Å². The van der Waals surface area contributed by atoms with E-state index < -0.39 is 0 Å². The van der Waals surface area contributed by atoms with Gasteiger partial charge in [-0.3, -0.25) is 0 Å². The number of piperidine rings is 1. The van der Waals surface area contributed by atoms with E-state index in [1.54, 1.807) is 4.90 Å². The lowest BCUT2D eigenvalue weighted by Gasteiger charge is -2.41. The minimum Gasteiger partial charge on any atom is -0.331 e. The van der Waals surface area contributed by atoms with Gasteiger partial charge in [0, 0.05) is 32.7 Å². The molecule has 0 aliphatic carbocycles. The van der Waals surface area contributed by atoms with Gasteiger partial charge in [0.25, 0.3) is 0 Å². The molecule has 17 heavy (non-hydrogen) atoms. The predicted molar refractivity (Wildman–Crippen MR) is 70.0 cm³/mol. The van der Waals surface area contributed by atoms with Crippen molar-refractivity contribution in [2.45, 2.75) is 32.2 Å². The Labute approximate surface area is 104 Å². The van der Waals surface area contributed by atoms with E-state index in [0.29, 0.717) is 6.54 Å². The van der Waals surface area contributed by atoms with Crippen LogP contribution in [0.15, 0.2) is 0 Å². The van der Waals surface area contributed by atoms with Crippen LogP contribution in [0.25, 0.3) is 0 Å². The molecule has 0 aromatic heterocycles. The maximum Gasteiger partial charge on any atom is 0.317 e. The first-order valence-corrected chi connectivity index (χ1v) is 6.52. The van der Waals surface area contributed by atoms with Crippen molar-refractivity contribution in [1.29, 1.82) is 0 Å². The number of carbonyl (C=O) groups excluding carboxylic acids is 1. The molecule has 100 valence electrons. The van der Waals surface area contributed by atoms with E-state index in [2.05, 4.69) is 17.3 Å². The van der Waals surface area contributed by atoms with Crippen molar-refractivity contribution in [2.24, 2.45) is 5.73 Å². The molecule has 0 bridgehead atoms. The maximum atomic E-state index is 12.1. The lowest BCUT2D eigenvalue weighted by Crippen LogP contribution is -2.61.